The van der Waals surface area contributed by atoms with E-state index in [1.807, 2.05) is 11.4 Å². The van der Waals surface area contributed by atoms with Crippen LogP contribution in [0.25, 0.3) is 0 Å². The Balaban J connectivity index is 2.20. The maximum Gasteiger partial charge on any atom is 0.119 e. The Hall–Kier alpha value is -0.540. The molecule has 0 aromatic carbocycles. The van der Waals surface area contributed by atoms with Gasteiger partial charge in [-0.15, -0.1) is 11.3 Å². The van der Waals surface area contributed by atoms with E-state index in [2.05, 4.69) is 4.99 Å². The molecule has 0 unspecified atom stereocenters. The normalized spacial score (nSPS) is 18.2. The predicted molar refractivity (Wildman–Crippen MR) is 53.3 cm³/mol. The van der Waals surface area contributed by atoms with E-state index in [0.717, 1.165) is 15.9 Å². The van der Waals surface area contributed by atoms with Crippen LogP contribution in [0.4, 0.5) is 5.69 Å². The predicted octanol–water partition coefficient (Wildman–Crippen LogP) is 2.80. The number of thiophene rings is 1. The molecule has 0 atom stereocenters. The Morgan fingerprint density at radius 3 is 2.92 bits per heavy atom. The van der Waals surface area contributed by atoms with E-state index in [4.69, 9.17) is 17.3 Å². The molecule has 64 valence electrons. The summed E-state index contributed by atoms with van der Waals surface area (Å²) in [7, 11) is 0. The van der Waals surface area contributed by atoms with Crippen LogP contribution in [-0.2, 0) is 0 Å². The van der Waals surface area contributed by atoms with Gasteiger partial charge >= 0.3 is 0 Å². The fourth-order valence-electron chi connectivity index (χ4n) is 0.975. The van der Waals surface area contributed by atoms with Crippen LogP contribution in [-0.4, -0.2) is 5.84 Å². The molecule has 12 heavy (non-hydrogen) atoms. The highest BCUT2D eigenvalue weighted by molar-refractivity contribution is 7.15. The van der Waals surface area contributed by atoms with E-state index >= 15 is 0 Å². The largest absolute Gasteiger partial charge is 0.387 e. The zero-order chi connectivity index (χ0) is 8.55. The second-order valence-corrected chi connectivity index (χ2v) is 4.41. The number of aliphatic imine (C=N–C) groups is 1. The summed E-state index contributed by atoms with van der Waals surface area (Å²) in [5.41, 5.74) is 6.55. The maximum atomic E-state index is 5.86. The lowest BCUT2D eigenvalue weighted by Gasteiger charge is -1.94. The van der Waals surface area contributed by atoms with Crippen molar-refractivity contribution < 1.29 is 0 Å². The van der Waals surface area contributed by atoms with Crippen molar-refractivity contribution >= 4 is 34.5 Å². The highest BCUT2D eigenvalue weighted by Crippen LogP contribution is 2.34. The van der Waals surface area contributed by atoms with Gasteiger partial charge in [-0.25, -0.2) is 4.99 Å². The molecule has 2 N–H and O–H groups in total. The SMILES string of the molecule is NC(=Nc1ccsc1Cl)C1CC1. The Morgan fingerprint density at radius 1 is 1.67 bits per heavy atom. The van der Waals surface area contributed by atoms with Crippen molar-refractivity contribution in [2.75, 3.05) is 0 Å². The van der Waals surface area contributed by atoms with Crippen molar-refractivity contribution in [1.82, 2.24) is 0 Å². The lowest BCUT2D eigenvalue weighted by atomic mass is 10.4. The summed E-state index contributed by atoms with van der Waals surface area (Å²) < 4.78 is 0.721. The van der Waals surface area contributed by atoms with Crippen molar-refractivity contribution in [3.8, 4) is 0 Å². The van der Waals surface area contributed by atoms with Crippen LogP contribution >= 0.6 is 22.9 Å². The minimum atomic E-state index is 0.515. The van der Waals surface area contributed by atoms with Gasteiger partial charge in [-0.1, -0.05) is 11.6 Å². The van der Waals surface area contributed by atoms with Gasteiger partial charge in [-0.3, -0.25) is 0 Å². The molecule has 1 saturated carbocycles. The van der Waals surface area contributed by atoms with E-state index in [1.165, 1.54) is 24.2 Å². The number of hydrogen-bond donors (Lipinski definition) is 1. The Labute approximate surface area is 80.1 Å². The first-order valence-corrected chi connectivity index (χ1v) is 5.10. The summed E-state index contributed by atoms with van der Waals surface area (Å²) in [6.45, 7) is 0. The molecule has 1 aliphatic rings. The van der Waals surface area contributed by atoms with Crippen LogP contribution in [0.15, 0.2) is 16.4 Å². The second-order valence-electron chi connectivity index (χ2n) is 2.89. The number of amidine groups is 1. The number of rotatable bonds is 2. The summed E-state index contributed by atoms with van der Waals surface area (Å²) in [6, 6.07) is 1.89. The number of hydrogen-bond acceptors (Lipinski definition) is 2. The van der Waals surface area contributed by atoms with E-state index in [0.29, 0.717) is 5.92 Å². The average molecular weight is 201 g/mol. The number of nitrogens with two attached hydrogens (primary N) is 1. The Bertz CT molecular complexity index is 315. The van der Waals surface area contributed by atoms with Crippen LogP contribution in [0.1, 0.15) is 12.8 Å². The Kier molecular flexibility index (Phi) is 2.07. The van der Waals surface area contributed by atoms with Gasteiger partial charge in [0.25, 0.3) is 0 Å². The molecule has 0 saturated heterocycles. The van der Waals surface area contributed by atoms with E-state index in [-0.39, 0.29) is 0 Å². The fraction of sp³-hybridized carbons (Fsp3) is 0.375. The zero-order valence-corrected chi connectivity index (χ0v) is 8.03. The summed E-state index contributed by atoms with van der Waals surface area (Å²) in [5.74, 6) is 1.25. The standard InChI is InChI=1S/C8H9ClN2S/c9-7-6(3-4-12-7)11-8(10)5-1-2-5/h3-5H,1-2H2,(H2,10,11). The van der Waals surface area contributed by atoms with Gasteiger partial charge in [0.15, 0.2) is 0 Å². The first-order valence-electron chi connectivity index (χ1n) is 3.84. The highest BCUT2D eigenvalue weighted by Gasteiger charge is 2.25. The van der Waals surface area contributed by atoms with Gasteiger partial charge < -0.3 is 5.73 Å². The Morgan fingerprint density at radius 2 is 2.42 bits per heavy atom. The molecular weight excluding hydrogens is 192 g/mol. The molecule has 1 aromatic heterocycles. The smallest absolute Gasteiger partial charge is 0.119 e. The van der Waals surface area contributed by atoms with Gasteiger partial charge in [0.05, 0.1) is 5.69 Å². The first-order chi connectivity index (χ1) is 5.77. The molecule has 0 bridgehead atoms. The van der Waals surface area contributed by atoms with Gasteiger partial charge in [-0.05, 0) is 24.3 Å². The van der Waals surface area contributed by atoms with Crippen LogP contribution < -0.4 is 5.73 Å². The molecule has 0 radical (unpaired) electrons. The van der Waals surface area contributed by atoms with Gasteiger partial charge in [0.1, 0.15) is 10.2 Å². The third-order valence-electron chi connectivity index (χ3n) is 1.84. The summed E-state index contributed by atoms with van der Waals surface area (Å²) >= 11 is 7.35. The van der Waals surface area contributed by atoms with Crippen LogP contribution in [0.5, 0.6) is 0 Å². The topological polar surface area (TPSA) is 38.4 Å². The highest BCUT2D eigenvalue weighted by atomic mass is 35.5. The van der Waals surface area contributed by atoms with E-state index < -0.39 is 0 Å². The molecule has 2 nitrogen and oxygen atoms in total. The lowest BCUT2D eigenvalue weighted by Crippen LogP contribution is -2.12. The monoisotopic (exact) mass is 200 g/mol. The van der Waals surface area contributed by atoms with Gasteiger partial charge in [-0.2, -0.15) is 0 Å². The van der Waals surface area contributed by atoms with Crippen molar-refractivity contribution in [2.45, 2.75) is 12.8 Å². The maximum absolute atomic E-state index is 5.86. The summed E-state index contributed by atoms with van der Waals surface area (Å²) in [5, 5.41) is 1.92. The average Bonchev–Trinajstić information content (AvgIpc) is 2.80. The third kappa shape index (κ3) is 1.62. The molecule has 1 heterocycles. The third-order valence-corrected chi connectivity index (χ3v) is 2.99. The van der Waals surface area contributed by atoms with Crippen molar-refractivity contribution in [3.63, 3.8) is 0 Å². The van der Waals surface area contributed by atoms with E-state index in [1.54, 1.807) is 0 Å². The number of nitrogens with zero attached hydrogens (tertiary/aromatic N) is 1. The number of halogens is 1. The van der Waals surface area contributed by atoms with Crippen molar-refractivity contribution in [1.29, 1.82) is 0 Å². The molecule has 2 rings (SSSR count). The molecule has 0 amide bonds. The quantitative estimate of drug-likeness (QED) is 0.579. The molecule has 4 heteroatoms. The molecular formula is C8H9ClN2S. The molecule has 1 fully saturated rings. The second kappa shape index (κ2) is 3.07. The molecule has 1 aliphatic carbocycles. The fourth-order valence-corrected chi connectivity index (χ4v) is 1.79. The van der Waals surface area contributed by atoms with Crippen LogP contribution in [0, 0.1) is 5.92 Å². The van der Waals surface area contributed by atoms with Gasteiger partial charge in [0.2, 0.25) is 0 Å². The summed E-state index contributed by atoms with van der Waals surface area (Å²) in [6.07, 6.45) is 2.36. The van der Waals surface area contributed by atoms with Crippen molar-refractivity contribution in [2.24, 2.45) is 16.6 Å². The van der Waals surface area contributed by atoms with Crippen LogP contribution in [0.3, 0.4) is 0 Å². The minimum Gasteiger partial charge on any atom is -0.387 e. The zero-order valence-electron chi connectivity index (χ0n) is 6.46. The van der Waals surface area contributed by atoms with E-state index in [9.17, 15) is 0 Å². The molecule has 0 spiro atoms. The molecule has 0 aliphatic heterocycles. The summed E-state index contributed by atoms with van der Waals surface area (Å²) in [4.78, 5) is 4.25. The van der Waals surface area contributed by atoms with Crippen LogP contribution in [0.2, 0.25) is 4.34 Å². The minimum absolute atomic E-state index is 0.515. The first kappa shape index (κ1) is 8.08. The molecule has 1 aromatic rings. The van der Waals surface area contributed by atoms with Gasteiger partial charge in [0, 0.05) is 5.92 Å². The van der Waals surface area contributed by atoms with Crippen molar-refractivity contribution in [3.05, 3.63) is 15.8 Å². The lowest BCUT2D eigenvalue weighted by molar-refractivity contribution is 1.16.